The van der Waals surface area contributed by atoms with Crippen molar-refractivity contribution in [2.45, 2.75) is 37.4 Å². The van der Waals surface area contributed by atoms with Gasteiger partial charge in [-0.2, -0.15) is 18.4 Å². The van der Waals surface area contributed by atoms with E-state index in [-0.39, 0.29) is 16.7 Å². The smallest absolute Gasteiger partial charge is 0.337 e. The molecular weight excluding hydrogens is 339 g/mol. The van der Waals surface area contributed by atoms with Crippen LogP contribution in [0.15, 0.2) is 18.2 Å². The lowest BCUT2D eigenvalue weighted by Crippen LogP contribution is -2.45. The Morgan fingerprint density at radius 3 is 2.46 bits per heavy atom. The normalized spacial score (nSPS) is 20.1. The molecule has 1 aliphatic heterocycles. The molecule has 2 fully saturated rings. The van der Waals surface area contributed by atoms with Crippen LogP contribution in [0.1, 0.15) is 36.8 Å². The van der Waals surface area contributed by atoms with Crippen molar-refractivity contribution in [1.82, 2.24) is 4.90 Å². The molecule has 1 amide bonds. The summed E-state index contributed by atoms with van der Waals surface area (Å²) in [5.41, 5.74) is -2.24. The van der Waals surface area contributed by atoms with Gasteiger partial charge >= 0.3 is 6.18 Å². The molecule has 0 atom stereocenters. The molecule has 2 aliphatic rings. The van der Waals surface area contributed by atoms with Gasteiger partial charge < -0.3 is 4.90 Å². The third-order valence-corrected chi connectivity index (χ3v) is 5.30. The monoisotopic (exact) mass is 353 g/mol. The van der Waals surface area contributed by atoms with Crippen LogP contribution >= 0.6 is 12.2 Å². The van der Waals surface area contributed by atoms with Crippen molar-refractivity contribution in [2.75, 3.05) is 11.9 Å². The van der Waals surface area contributed by atoms with Crippen molar-refractivity contribution in [1.29, 1.82) is 5.26 Å². The second kappa shape index (κ2) is 5.45. The number of carbonyl (C=O) groups excluding carboxylic acids is 1. The molecule has 0 radical (unpaired) electrons. The van der Waals surface area contributed by atoms with Crippen molar-refractivity contribution in [3.63, 3.8) is 0 Å². The maximum atomic E-state index is 13.2. The molecule has 1 aliphatic carbocycles. The SMILES string of the molecule is CN1C(=S)N(c2ccc(C#N)c(C(F)(F)F)c2)C(=O)C12CCCC2. The molecule has 3 rings (SSSR count). The third-order valence-electron chi connectivity index (χ3n) is 4.84. The van der Waals surface area contributed by atoms with Crippen molar-refractivity contribution in [3.05, 3.63) is 29.3 Å². The van der Waals surface area contributed by atoms with Gasteiger partial charge in [-0.25, -0.2) is 0 Å². The Balaban J connectivity index is 2.08. The van der Waals surface area contributed by atoms with E-state index in [1.807, 2.05) is 0 Å². The molecule has 0 aromatic heterocycles. The molecule has 1 aromatic carbocycles. The fourth-order valence-corrected chi connectivity index (χ4v) is 3.87. The molecule has 0 bridgehead atoms. The van der Waals surface area contributed by atoms with Gasteiger partial charge in [0, 0.05) is 7.05 Å². The molecule has 24 heavy (non-hydrogen) atoms. The molecule has 1 spiro atoms. The molecule has 8 heteroatoms. The molecule has 0 N–H and O–H groups in total. The molecule has 126 valence electrons. The molecule has 1 saturated carbocycles. The summed E-state index contributed by atoms with van der Waals surface area (Å²) in [6, 6.07) is 4.77. The number of halogens is 3. The van der Waals surface area contributed by atoms with E-state index >= 15 is 0 Å². The van der Waals surface area contributed by atoms with Gasteiger partial charge in [0.25, 0.3) is 5.91 Å². The molecule has 1 aromatic rings. The number of likely N-dealkylation sites (N-methyl/N-ethyl adjacent to an activating group) is 1. The number of carbonyl (C=O) groups is 1. The highest BCUT2D eigenvalue weighted by molar-refractivity contribution is 7.80. The van der Waals surface area contributed by atoms with Crippen molar-refractivity contribution >= 4 is 28.9 Å². The summed E-state index contributed by atoms with van der Waals surface area (Å²) < 4.78 is 39.5. The zero-order valence-corrected chi connectivity index (χ0v) is 13.7. The number of hydrogen-bond acceptors (Lipinski definition) is 3. The van der Waals surface area contributed by atoms with Crippen molar-refractivity contribution in [3.8, 4) is 6.07 Å². The van der Waals surface area contributed by atoms with Crippen LogP contribution in [0.2, 0.25) is 0 Å². The minimum atomic E-state index is -4.68. The fourth-order valence-electron chi connectivity index (χ4n) is 3.51. The summed E-state index contributed by atoms with van der Waals surface area (Å²) in [4.78, 5) is 15.8. The lowest BCUT2D eigenvalue weighted by Gasteiger charge is -2.28. The van der Waals surface area contributed by atoms with E-state index < -0.39 is 22.8 Å². The van der Waals surface area contributed by atoms with Gasteiger partial charge in [0.15, 0.2) is 5.11 Å². The second-order valence-corrected chi connectivity index (χ2v) is 6.43. The lowest BCUT2D eigenvalue weighted by atomic mass is 9.96. The lowest BCUT2D eigenvalue weighted by molar-refractivity contribution is -0.137. The maximum absolute atomic E-state index is 13.2. The van der Waals surface area contributed by atoms with E-state index in [2.05, 4.69) is 0 Å². The Morgan fingerprint density at radius 1 is 1.29 bits per heavy atom. The number of hydrogen-bond donors (Lipinski definition) is 0. The average molecular weight is 353 g/mol. The summed E-state index contributed by atoms with van der Waals surface area (Å²) in [5, 5.41) is 9.08. The zero-order chi connectivity index (χ0) is 17.7. The summed E-state index contributed by atoms with van der Waals surface area (Å²) in [6.07, 6.45) is -1.63. The van der Waals surface area contributed by atoms with Gasteiger partial charge in [-0.1, -0.05) is 12.8 Å². The van der Waals surface area contributed by atoms with E-state index in [0.717, 1.165) is 29.9 Å². The van der Waals surface area contributed by atoms with Crippen LogP contribution < -0.4 is 4.90 Å². The average Bonchev–Trinajstić information content (AvgIpc) is 3.09. The molecule has 0 unspecified atom stereocenters. The van der Waals surface area contributed by atoms with E-state index in [1.54, 1.807) is 11.9 Å². The predicted octanol–water partition coefficient (Wildman–Crippen LogP) is 3.45. The van der Waals surface area contributed by atoms with Gasteiger partial charge in [0.05, 0.1) is 22.9 Å². The number of alkyl halides is 3. The van der Waals surface area contributed by atoms with Crippen molar-refractivity contribution in [2.24, 2.45) is 0 Å². The van der Waals surface area contributed by atoms with Crippen LogP contribution in [-0.4, -0.2) is 28.5 Å². The summed E-state index contributed by atoms with van der Waals surface area (Å²) in [7, 11) is 1.71. The van der Waals surface area contributed by atoms with Crippen LogP contribution in [0.25, 0.3) is 0 Å². The predicted molar refractivity (Wildman–Crippen MR) is 85.2 cm³/mol. The first-order valence-electron chi connectivity index (χ1n) is 7.46. The second-order valence-electron chi connectivity index (χ2n) is 6.06. The highest BCUT2D eigenvalue weighted by atomic mass is 32.1. The molecule has 4 nitrogen and oxygen atoms in total. The van der Waals surface area contributed by atoms with Crippen molar-refractivity contribution < 1.29 is 18.0 Å². The molecule has 1 heterocycles. The van der Waals surface area contributed by atoms with Crippen LogP contribution in [0.4, 0.5) is 18.9 Å². The summed E-state index contributed by atoms with van der Waals surface area (Å²) in [6.45, 7) is 0. The maximum Gasteiger partial charge on any atom is 0.417 e. The number of thiocarbonyl (C=S) groups is 1. The van der Waals surface area contributed by atoms with E-state index in [1.165, 1.54) is 12.1 Å². The van der Waals surface area contributed by atoms with E-state index in [4.69, 9.17) is 17.5 Å². The first kappa shape index (κ1) is 16.7. The van der Waals surface area contributed by atoms with Crippen LogP contribution in [-0.2, 0) is 11.0 Å². The number of anilines is 1. The van der Waals surface area contributed by atoms with Gasteiger partial charge in [-0.05, 0) is 43.3 Å². The van der Waals surface area contributed by atoms with Crippen LogP contribution in [0.3, 0.4) is 0 Å². The standard InChI is InChI=1S/C16H14F3N3OS/c1-21-14(24)22(13(23)15(21)6-2-3-7-15)11-5-4-10(9-20)12(8-11)16(17,18)19/h4-5,8H,2-3,6-7H2,1H3. The van der Waals surface area contributed by atoms with Gasteiger partial charge in [-0.3, -0.25) is 9.69 Å². The first-order valence-corrected chi connectivity index (χ1v) is 7.87. The number of amides is 1. The van der Waals surface area contributed by atoms with Gasteiger partial charge in [-0.15, -0.1) is 0 Å². The number of nitrogens with zero attached hydrogens (tertiary/aromatic N) is 3. The number of nitriles is 1. The number of benzene rings is 1. The third kappa shape index (κ3) is 2.26. The van der Waals surface area contributed by atoms with Gasteiger partial charge in [0.2, 0.25) is 0 Å². The van der Waals surface area contributed by atoms with Crippen LogP contribution in [0, 0.1) is 11.3 Å². The molecule has 1 saturated heterocycles. The largest absolute Gasteiger partial charge is 0.417 e. The molecular formula is C16H14F3N3OS. The first-order chi connectivity index (χ1) is 11.2. The Hall–Kier alpha value is -2.14. The zero-order valence-electron chi connectivity index (χ0n) is 12.9. The summed E-state index contributed by atoms with van der Waals surface area (Å²) >= 11 is 5.31. The summed E-state index contributed by atoms with van der Waals surface area (Å²) in [5.74, 6) is -0.287. The van der Waals surface area contributed by atoms with Gasteiger partial charge in [0.1, 0.15) is 5.54 Å². The number of rotatable bonds is 1. The Labute approximate surface area is 142 Å². The Kier molecular flexibility index (Phi) is 3.79. The highest BCUT2D eigenvalue weighted by Crippen LogP contribution is 2.43. The fraction of sp³-hybridized carbons (Fsp3) is 0.438. The topological polar surface area (TPSA) is 47.3 Å². The Morgan fingerprint density at radius 2 is 1.92 bits per heavy atom. The highest BCUT2D eigenvalue weighted by Gasteiger charge is 2.55. The van der Waals surface area contributed by atoms with E-state index in [0.29, 0.717) is 12.8 Å². The minimum Gasteiger partial charge on any atom is -0.337 e. The minimum absolute atomic E-state index is 0.0481. The van der Waals surface area contributed by atoms with Crippen LogP contribution in [0.5, 0.6) is 0 Å². The Bertz CT molecular complexity index is 763. The van der Waals surface area contributed by atoms with E-state index in [9.17, 15) is 18.0 Å². The quantitative estimate of drug-likeness (QED) is 0.726.